The van der Waals surface area contributed by atoms with Crippen molar-refractivity contribution in [1.82, 2.24) is 14.8 Å². The molecule has 2 heterocycles. The van der Waals surface area contributed by atoms with Crippen molar-refractivity contribution in [3.63, 3.8) is 0 Å². The molecule has 3 rings (SSSR count). The van der Waals surface area contributed by atoms with E-state index in [2.05, 4.69) is 15.4 Å². The Labute approximate surface area is 156 Å². The number of nitrogens with zero attached hydrogens (tertiary/aromatic N) is 3. The number of phenols is 1. The lowest BCUT2D eigenvalue weighted by Crippen LogP contribution is -2.25. The lowest BCUT2D eigenvalue weighted by atomic mass is 10.1. The standard InChI is InChI=1S/C19H22N6O2/c1-19(2,3)25-18(23-14-6-4-5-9-22-14)15(17(21)27)16(24-25)11-7-8-12(20)13(26)10-11/h4-10,26H,20H2,1-3H3,(H2,21,27)(H,22,23). The second kappa shape index (κ2) is 6.64. The quantitative estimate of drug-likeness (QED) is 0.415. The molecule has 0 bridgehead atoms. The van der Waals surface area contributed by atoms with Gasteiger partial charge in [-0.25, -0.2) is 9.67 Å². The number of nitrogens with two attached hydrogens (primary N) is 2. The Morgan fingerprint density at radius 3 is 2.52 bits per heavy atom. The molecule has 140 valence electrons. The van der Waals surface area contributed by atoms with E-state index in [1.807, 2.05) is 26.8 Å². The van der Waals surface area contributed by atoms with Crippen LogP contribution in [0.25, 0.3) is 11.3 Å². The van der Waals surface area contributed by atoms with E-state index < -0.39 is 11.4 Å². The van der Waals surface area contributed by atoms with E-state index in [0.29, 0.717) is 22.9 Å². The Hall–Kier alpha value is -3.55. The molecule has 6 N–H and O–H groups in total. The first kappa shape index (κ1) is 18.2. The summed E-state index contributed by atoms with van der Waals surface area (Å²) in [5.41, 5.74) is 12.3. The highest BCUT2D eigenvalue weighted by atomic mass is 16.3. The molecule has 2 aromatic heterocycles. The van der Waals surface area contributed by atoms with Crippen LogP contribution in [0, 0.1) is 0 Å². The monoisotopic (exact) mass is 366 g/mol. The third-order valence-corrected chi connectivity index (χ3v) is 3.98. The zero-order chi connectivity index (χ0) is 19.8. The second-order valence-electron chi connectivity index (χ2n) is 7.13. The number of rotatable bonds is 4. The molecule has 0 fully saturated rings. The van der Waals surface area contributed by atoms with Crippen LogP contribution in [0.2, 0.25) is 0 Å². The number of aromatic nitrogens is 3. The first-order chi connectivity index (χ1) is 12.7. The zero-order valence-corrected chi connectivity index (χ0v) is 15.4. The van der Waals surface area contributed by atoms with Gasteiger partial charge < -0.3 is 21.9 Å². The molecule has 27 heavy (non-hydrogen) atoms. The molecule has 0 aliphatic carbocycles. The van der Waals surface area contributed by atoms with Gasteiger partial charge in [-0.1, -0.05) is 12.1 Å². The van der Waals surface area contributed by atoms with Crippen molar-refractivity contribution in [1.29, 1.82) is 0 Å². The number of amides is 1. The third kappa shape index (κ3) is 3.55. The molecule has 8 heteroatoms. The van der Waals surface area contributed by atoms with Crippen molar-refractivity contribution in [2.45, 2.75) is 26.3 Å². The van der Waals surface area contributed by atoms with Crippen LogP contribution in [0.1, 0.15) is 31.1 Å². The van der Waals surface area contributed by atoms with Crippen LogP contribution < -0.4 is 16.8 Å². The van der Waals surface area contributed by atoms with E-state index in [4.69, 9.17) is 11.5 Å². The molecule has 0 atom stereocenters. The van der Waals surface area contributed by atoms with E-state index in [0.717, 1.165) is 0 Å². The predicted molar refractivity (Wildman–Crippen MR) is 105 cm³/mol. The Kier molecular flexibility index (Phi) is 4.49. The van der Waals surface area contributed by atoms with E-state index >= 15 is 0 Å². The molecule has 3 aromatic rings. The van der Waals surface area contributed by atoms with Crippen molar-refractivity contribution in [3.8, 4) is 17.0 Å². The van der Waals surface area contributed by atoms with Crippen LogP contribution in [-0.4, -0.2) is 25.8 Å². The summed E-state index contributed by atoms with van der Waals surface area (Å²) < 4.78 is 1.69. The Morgan fingerprint density at radius 1 is 1.22 bits per heavy atom. The van der Waals surface area contributed by atoms with Crippen molar-refractivity contribution >= 4 is 23.2 Å². The van der Waals surface area contributed by atoms with E-state index in [1.54, 1.807) is 35.1 Å². The number of nitrogen functional groups attached to an aromatic ring is 1. The van der Waals surface area contributed by atoms with Crippen LogP contribution in [0.15, 0.2) is 42.6 Å². The van der Waals surface area contributed by atoms with Gasteiger partial charge in [-0.15, -0.1) is 0 Å². The molecular weight excluding hydrogens is 344 g/mol. The molecular formula is C19H22N6O2. The normalized spacial score (nSPS) is 11.4. The number of phenolic OH excluding ortho intramolecular Hbond substituents is 1. The van der Waals surface area contributed by atoms with Gasteiger partial charge in [0.05, 0.1) is 11.2 Å². The molecule has 8 nitrogen and oxygen atoms in total. The number of primary amides is 1. The minimum absolute atomic E-state index is 0.0903. The maximum atomic E-state index is 12.3. The van der Waals surface area contributed by atoms with Gasteiger partial charge in [0.1, 0.15) is 28.6 Å². The molecule has 0 saturated heterocycles. The maximum absolute atomic E-state index is 12.3. The van der Waals surface area contributed by atoms with Gasteiger partial charge in [-0.05, 0) is 45.0 Å². The SMILES string of the molecule is CC(C)(C)n1nc(-c2ccc(N)c(O)c2)c(C(N)=O)c1Nc1ccccn1. The number of hydrogen-bond acceptors (Lipinski definition) is 6. The average Bonchev–Trinajstić information content (AvgIpc) is 2.98. The summed E-state index contributed by atoms with van der Waals surface area (Å²) in [7, 11) is 0. The lowest BCUT2D eigenvalue weighted by Gasteiger charge is -2.23. The Morgan fingerprint density at radius 2 is 1.96 bits per heavy atom. The van der Waals surface area contributed by atoms with Gasteiger partial charge in [0.25, 0.3) is 5.91 Å². The van der Waals surface area contributed by atoms with E-state index in [-0.39, 0.29) is 17.0 Å². The van der Waals surface area contributed by atoms with E-state index in [1.165, 1.54) is 6.07 Å². The van der Waals surface area contributed by atoms with Crippen LogP contribution in [0.3, 0.4) is 0 Å². The maximum Gasteiger partial charge on any atom is 0.254 e. The highest BCUT2D eigenvalue weighted by molar-refractivity contribution is 6.04. The van der Waals surface area contributed by atoms with Gasteiger partial charge >= 0.3 is 0 Å². The van der Waals surface area contributed by atoms with Gasteiger partial charge in [-0.3, -0.25) is 4.79 Å². The zero-order valence-electron chi connectivity index (χ0n) is 15.4. The summed E-state index contributed by atoms with van der Waals surface area (Å²) in [6.45, 7) is 5.87. The summed E-state index contributed by atoms with van der Waals surface area (Å²) in [5, 5.41) is 17.7. The number of anilines is 3. The van der Waals surface area contributed by atoms with Crippen LogP contribution in [0.5, 0.6) is 5.75 Å². The van der Waals surface area contributed by atoms with Crippen LogP contribution in [-0.2, 0) is 5.54 Å². The van der Waals surface area contributed by atoms with Gasteiger partial charge in [0.2, 0.25) is 0 Å². The topological polar surface area (TPSA) is 132 Å². The summed E-state index contributed by atoms with van der Waals surface area (Å²) in [4.78, 5) is 16.6. The second-order valence-corrected chi connectivity index (χ2v) is 7.13. The summed E-state index contributed by atoms with van der Waals surface area (Å²) >= 11 is 0. The summed E-state index contributed by atoms with van der Waals surface area (Å²) in [5.74, 6) is 0.250. The first-order valence-corrected chi connectivity index (χ1v) is 8.38. The summed E-state index contributed by atoms with van der Waals surface area (Å²) in [6.07, 6.45) is 1.64. The van der Waals surface area contributed by atoms with Crippen LogP contribution >= 0.6 is 0 Å². The molecule has 0 spiro atoms. The van der Waals surface area contributed by atoms with Crippen molar-refractivity contribution in [3.05, 3.63) is 48.2 Å². The van der Waals surface area contributed by atoms with Crippen LogP contribution in [0.4, 0.5) is 17.3 Å². The predicted octanol–water partition coefficient (Wildman–Crippen LogP) is 2.83. The molecule has 1 amide bonds. The highest BCUT2D eigenvalue weighted by Gasteiger charge is 2.29. The number of aromatic hydroxyl groups is 1. The Balaban J connectivity index is 2.25. The highest BCUT2D eigenvalue weighted by Crippen LogP contribution is 2.36. The fourth-order valence-corrected chi connectivity index (χ4v) is 2.70. The molecule has 0 aliphatic heterocycles. The molecule has 1 aromatic carbocycles. The van der Waals surface area contributed by atoms with Gasteiger partial charge in [-0.2, -0.15) is 5.10 Å². The molecule has 0 saturated carbocycles. The number of carbonyl (C=O) groups is 1. The number of carbonyl (C=O) groups excluding carboxylic acids is 1. The van der Waals surface area contributed by atoms with Gasteiger partial charge in [0.15, 0.2) is 0 Å². The molecule has 0 aliphatic rings. The molecule has 0 unspecified atom stereocenters. The fraction of sp³-hybridized carbons (Fsp3) is 0.211. The van der Waals surface area contributed by atoms with Gasteiger partial charge in [0, 0.05) is 11.8 Å². The van der Waals surface area contributed by atoms with Crippen molar-refractivity contribution < 1.29 is 9.90 Å². The Bertz CT molecular complexity index is 989. The first-order valence-electron chi connectivity index (χ1n) is 8.38. The number of benzene rings is 1. The van der Waals surface area contributed by atoms with E-state index in [9.17, 15) is 9.90 Å². The number of nitrogens with one attached hydrogen (secondary N) is 1. The minimum atomic E-state index is -0.643. The van der Waals surface area contributed by atoms with Crippen molar-refractivity contribution in [2.24, 2.45) is 5.73 Å². The largest absolute Gasteiger partial charge is 0.506 e. The third-order valence-electron chi connectivity index (χ3n) is 3.98. The lowest BCUT2D eigenvalue weighted by molar-refractivity contribution is 0.100. The summed E-state index contributed by atoms with van der Waals surface area (Å²) in [6, 6.07) is 10.1. The minimum Gasteiger partial charge on any atom is -0.506 e. The number of hydrogen-bond donors (Lipinski definition) is 4. The fourth-order valence-electron chi connectivity index (χ4n) is 2.70. The van der Waals surface area contributed by atoms with Crippen molar-refractivity contribution in [2.75, 3.05) is 11.1 Å². The number of pyridine rings is 1. The average molecular weight is 366 g/mol. The molecule has 0 radical (unpaired) electrons. The smallest absolute Gasteiger partial charge is 0.254 e.